The van der Waals surface area contributed by atoms with Crippen molar-refractivity contribution in [3.8, 4) is 0 Å². The Hall–Kier alpha value is 0.177. The van der Waals surface area contributed by atoms with Crippen molar-refractivity contribution in [3.63, 3.8) is 0 Å². The molecule has 1 unspecified atom stereocenters. The van der Waals surface area contributed by atoms with Crippen molar-refractivity contribution >= 4 is 8.07 Å². The average molecular weight is 145 g/mol. The summed E-state index contributed by atoms with van der Waals surface area (Å²) in [7, 11) is -1.00. The molecule has 0 aliphatic heterocycles. The van der Waals surface area contributed by atoms with E-state index in [1.165, 1.54) is 6.04 Å². The van der Waals surface area contributed by atoms with Gasteiger partial charge in [0.05, 0.1) is 8.07 Å². The fourth-order valence-corrected chi connectivity index (χ4v) is 2.44. The first-order valence-corrected chi connectivity index (χ1v) is 7.08. The predicted molar refractivity (Wildman–Crippen MR) is 46.2 cm³/mol. The van der Waals surface area contributed by atoms with Crippen LogP contribution in [0.2, 0.25) is 19.1 Å². The molecule has 0 aliphatic rings. The third-order valence-electron chi connectivity index (χ3n) is 2.35. The molecule has 1 atom stereocenters. The quantitative estimate of drug-likeness (QED) is 0.604. The Labute approximate surface area is 59.6 Å². The molecule has 0 radical (unpaired) electrons. The Bertz CT molecular complexity index is 81.0. The summed E-state index contributed by atoms with van der Waals surface area (Å²) in [6.07, 6.45) is 1.15. The Morgan fingerprint density at radius 1 is 1.33 bits per heavy atom. The molecule has 2 heteroatoms. The Morgan fingerprint density at radius 3 is 1.89 bits per heavy atom. The topological polar surface area (TPSA) is 26.0 Å². The van der Waals surface area contributed by atoms with E-state index in [0.29, 0.717) is 5.67 Å². The summed E-state index contributed by atoms with van der Waals surface area (Å²) in [5.74, 6) is 0. The minimum atomic E-state index is -1.00. The first-order chi connectivity index (χ1) is 4.04. The van der Waals surface area contributed by atoms with Gasteiger partial charge in [-0.25, -0.2) is 0 Å². The standard InChI is InChI=1S/C7H19NSi/c1-5-7(8)9(3,4)6-2/h7H,5-6,8H2,1-4H3. The van der Waals surface area contributed by atoms with Crippen LogP contribution in [-0.2, 0) is 0 Å². The normalized spacial score (nSPS) is 15.7. The minimum Gasteiger partial charge on any atom is -0.330 e. The zero-order valence-corrected chi connectivity index (χ0v) is 8.07. The van der Waals surface area contributed by atoms with Gasteiger partial charge < -0.3 is 5.73 Å². The molecule has 0 amide bonds. The van der Waals surface area contributed by atoms with Crippen molar-refractivity contribution in [2.24, 2.45) is 5.73 Å². The van der Waals surface area contributed by atoms with E-state index in [9.17, 15) is 0 Å². The maximum absolute atomic E-state index is 5.92. The van der Waals surface area contributed by atoms with E-state index in [1.54, 1.807) is 0 Å². The van der Waals surface area contributed by atoms with Crippen molar-refractivity contribution in [3.05, 3.63) is 0 Å². The van der Waals surface area contributed by atoms with Gasteiger partial charge in [-0.15, -0.1) is 0 Å². The van der Waals surface area contributed by atoms with Crippen molar-refractivity contribution in [2.45, 2.75) is 45.1 Å². The lowest BCUT2D eigenvalue weighted by molar-refractivity contribution is 0.812. The van der Waals surface area contributed by atoms with Crippen LogP contribution >= 0.6 is 0 Å². The fraction of sp³-hybridized carbons (Fsp3) is 1.00. The largest absolute Gasteiger partial charge is 0.330 e. The highest BCUT2D eigenvalue weighted by atomic mass is 28.3. The van der Waals surface area contributed by atoms with E-state index >= 15 is 0 Å². The van der Waals surface area contributed by atoms with Gasteiger partial charge in [0.25, 0.3) is 0 Å². The van der Waals surface area contributed by atoms with Gasteiger partial charge in [0.1, 0.15) is 0 Å². The van der Waals surface area contributed by atoms with Crippen LogP contribution in [-0.4, -0.2) is 13.7 Å². The highest BCUT2D eigenvalue weighted by Crippen LogP contribution is 2.13. The van der Waals surface area contributed by atoms with Crippen LogP contribution in [0.4, 0.5) is 0 Å². The van der Waals surface area contributed by atoms with Crippen molar-refractivity contribution in [2.75, 3.05) is 0 Å². The molecular weight excluding hydrogens is 126 g/mol. The highest BCUT2D eigenvalue weighted by Gasteiger charge is 2.24. The Kier molecular flexibility index (Phi) is 3.44. The molecule has 9 heavy (non-hydrogen) atoms. The second-order valence-corrected chi connectivity index (χ2v) is 8.78. The molecule has 0 aromatic rings. The maximum atomic E-state index is 5.92. The third kappa shape index (κ3) is 2.50. The second-order valence-electron chi connectivity index (χ2n) is 3.36. The summed E-state index contributed by atoms with van der Waals surface area (Å²) in [6.45, 7) is 9.15. The lowest BCUT2D eigenvalue weighted by Crippen LogP contribution is -2.46. The van der Waals surface area contributed by atoms with E-state index in [1.807, 2.05) is 0 Å². The predicted octanol–water partition coefficient (Wildman–Crippen LogP) is 1.99. The molecule has 1 nitrogen and oxygen atoms in total. The molecule has 0 heterocycles. The first kappa shape index (κ1) is 9.18. The second kappa shape index (κ2) is 3.37. The maximum Gasteiger partial charge on any atom is 0.0659 e. The third-order valence-corrected chi connectivity index (χ3v) is 6.59. The van der Waals surface area contributed by atoms with Gasteiger partial charge in [0.15, 0.2) is 0 Å². The van der Waals surface area contributed by atoms with Gasteiger partial charge in [0.2, 0.25) is 0 Å². The molecule has 0 aromatic carbocycles. The van der Waals surface area contributed by atoms with Crippen molar-refractivity contribution in [1.29, 1.82) is 0 Å². The number of rotatable bonds is 3. The summed E-state index contributed by atoms with van der Waals surface area (Å²) < 4.78 is 0. The van der Waals surface area contributed by atoms with Gasteiger partial charge in [-0.1, -0.05) is 33.0 Å². The molecular formula is C7H19NSi. The smallest absolute Gasteiger partial charge is 0.0659 e. The zero-order valence-electron chi connectivity index (χ0n) is 7.07. The lowest BCUT2D eigenvalue weighted by atomic mass is 10.5. The summed E-state index contributed by atoms with van der Waals surface area (Å²) in [4.78, 5) is 0. The molecule has 2 N–H and O–H groups in total. The van der Waals surface area contributed by atoms with Crippen LogP contribution in [0.25, 0.3) is 0 Å². The first-order valence-electron chi connectivity index (χ1n) is 3.80. The Balaban J connectivity index is 3.80. The van der Waals surface area contributed by atoms with Gasteiger partial charge in [0, 0.05) is 0 Å². The molecule has 0 bridgehead atoms. The van der Waals surface area contributed by atoms with Crippen LogP contribution in [0.15, 0.2) is 0 Å². The molecule has 0 aliphatic carbocycles. The van der Waals surface area contributed by atoms with E-state index in [0.717, 1.165) is 6.42 Å². The summed E-state index contributed by atoms with van der Waals surface area (Å²) in [5.41, 5.74) is 6.43. The average Bonchev–Trinajstić information content (AvgIpc) is 1.86. The SMILES string of the molecule is CCC(N)[Si](C)(C)CC. The monoisotopic (exact) mass is 145 g/mol. The summed E-state index contributed by atoms with van der Waals surface area (Å²) in [5, 5.41) is 0. The van der Waals surface area contributed by atoms with Crippen LogP contribution < -0.4 is 5.73 Å². The molecule has 56 valence electrons. The number of nitrogens with two attached hydrogens (primary N) is 1. The molecule has 0 saturated carbocycles. The summed E-state index contributed by atoms with van der Waals surface area (Å²) >= 11 is 0. The van der Waals surface area contributed by atoms with Gasteiger partial charge in [-0.05, 0) is 12.1 Å². The molecule has 0 spiro atoms. The van der Waals surface area contributed by atoms with Crippen LogP contribution in [0, 0.1) is 0 Å². The van der Waals surface area contributed by atoms with E-state index < -0.39 is 8.07 Å². The fourth-order valence-electron chi connectivity index (χ4n) is 0.815. The number of hydrogen-bond acceptors (Lipinski definition) is 1. The van der Waals surface area contributed by atoms with Crippen molar-refractivity contribution < 1.29 is 0 Å². The van der Waals surface area contributed by atoms with Gasteiger partial charge in [-0.3, -0.25) is 0 Å². The van der Waals surface area contributed by atoms with E-state index in [4.69, 9.17) is 5.73 Å². The van der Waals surface area contributed by atoms with Crippen LogP contribution in [0.3, 0.4) is 0 Å². The molecule has 0 aromatic heterocycles. The van der Waals surface area contributed by atoms with E-state index in [-0.39, 0.29) is 0 Å². The molecule has 0 rings (SSSR count). The van der Waals surface area contributed by atoms with Crippen molar-refractivity contribution in [1.82, 2.24) is 0 Å². The van der Waals surface area contributed by atoms with Gasteiger partial charge >= 0.3 is 0 Å². The zero-order chi connectivity index (χ0) is 7.49. The minimum absolute atomic E-state index is 0.502. The van der Waals surface area contributed by atoms with Gasteiger partial charge in [-0.2, -0.15) is 0 Å². The van der Waals surface area contributed by atoms with Crippen LogP contribution in [0.1, 0.15) is 20.3 Å². The highest BCUT2D eigenvalue weighted by molar-refractivity contribution is 6.78. The molecule has 0 saturated heterocycles. The Morgan fingerprint density at radius 2 is 1.78 bits per heavy atom. The number of hydrogen-bond donors (Lipinski definition) is 1. The summed E-state index contributed by atoms with van der Waals surface area (Å²) in [6, 6.07) is 1.31. The lowest BCUT2D eigenvalue weighted by Gasteiger charge is -2.26. The van der Waals surface area contributed by atoms with E-state index in [2.05, 4.69) is 26.9 Å². The molecule has 0 fully saturated rings. The van der Waals surface area contributed by atoms with Crippen LogP contribution in [0.5, 0.6) is 0 Å².